The Bertz CT molecular complexity index is 132. The molecule has 0 aliphatic rings. The van der Waals surface area contributed by atoms with Gasteiger partial charge in [0, 0.05) is 12.8 Å². The normalized spacial score (nSPS) is 13.1. The van der Waals surface area contributed by atoms with E-state index in [2.05, 4.69) is 6.92 Å². The molecule has 0 fully saturated rings. The number of hydrogen-bond acceptors (Lipinski definition) is 3. The van der Waals surface area contributed by atoms with Crippen LogP contribution >= 0.6 is 0 Å². The van der Waals surface area contributed by atoms with E-state index in [0.29, 0.717) is 12.8 Å². The molecule has 0 aliphatic carbocycles. The summed E-state index contributed by atoms with van der Waals surface area (Å²) in [4.78, 5) is 10.8. The standard InChI is InChI=1S/C9H17O3/c1-5-8(10)12-9(6-2)11-7(3)4/h7,9H,2,5-6H2,1,3-4H3. The van der Waals surface area contributed by atoms with Crippen molar-refractivity contribution in [2.75, 3.05) is 0 Å². The molecule has 0 aromatic carbocycles. The molecular weight excluding hydrogens is 156 g/mol. The molecule has 71 valence electrons. The summed E-state index contributed by atoms with van der Waals surface area (Å²) in [6, 6.07) is 0. The highest BCUT2D eigenvalue weighted by atomic mass is 16.7. The summed E-state index contributed by atoms with van der Waals surface area (Å²) in [6.07, 6.45) is 0.390. The van der Waals surface area contributed by atoms with Gasteiger partial charge in [-0.05, 0) is 20.8 Å². The van der Waals surface area contributed by atoms with Crippen molar-refractivity contribution >= 4 is 5.97 Å². The highest BCUT2D eigenvalue weighted by molar-refractivity contribution is 5.68. The summed E-state index contributed by atoms with van der Waals surface area (Å²) in [5.74, 6) is -0.246. The zero-order chi connectivity index (χ0) is 9.56. The fraction of sp³-hybridized carbons (Fsp3) is 0.778. The first-order valence-corrected chi connectivity index (χ1v) is 4.24. The Morgan fingerprint density at radius 3 is 2.42 bits per heavy atom. The van der Waals surface area contributed by atoms with Gasteiger partial charge in [0.25, 0.3) is 0 Å². The second-order valence-electron chi connectivity index (χ2n) is 2.75. The molecule has 12 heavy (non-hydrogen) atoms. The summed E-state index contributed by atoms with van der Waals surface area (Å²) in [6.45, 7) is 9.15. The van der Waals surface area contributed by atoms with Gasteiger partial charge in [-0.3, -0.25) is 4.79 Å². The molecule has 0 bridgehead atoms. The number of rotatable bonds is 5. The average Bonchev–Trinajstić information content (AvgIpc) is 2.02. The summed E-state index contributed by atoms with van der Waals surface area (Å²) >= 11 is 0. The maximum absolute atomic E-state index is 10.8. The predicted molar refractivity (Wildman–Crippen MR) is 46.4 cm³/mol. The van der Waals surface area contributed by atoms with E-state index < -0.39 is 6.29 Å². The monoisotopic (exact) mass is 173 g/mol. The third kappa shape index (κ3) is 5.13. The van der Waals surface area contributed by atoms with Crippen molar-refractivity contribution in [1.82, 2.24) is 0 Å². The highest BCUT2D eigenvalue weighted by Crippen LogP contribution is 2.05. The smallest absolute Gasteiger partial charge is 0.307 e. The van der Waals surface area contributed by atoms with Crippen LogP contribution in [0.4, 0.5) is 0 Å². The van der Waals surface area contributed by atoms with Crippen molar-refractivity contribution in [2.24, 2.45) is 0 Å². The van der Waals surface area contributed by atoms with Gasteiger partial charge in [0.15, 0.2) is 0 Å². The minimum Gasteiger partial charge on any atom is -0.436 e. The van der Waals surface area contributed by atoms with Gasteiger partial charge in [-0.2, -0.15) is 0 Å². The van der Waals surface area contributed by atoms with Gasteiger partial charge >= 0.3 is 5.97 Å². The molecular formula is C9H17O3. The number of carbonyl (C=O) groups is 1. The van der Waals surface area contributed by atoms with E-state index in [1.807, 2.05) is 13.8 Å². The number of hydrogen-bond donors (Lipinski definition) is 0. The van der Waals surface area contributed by atoms with Gasteiger partial charge in [-0.25, -0.2) is 0 Å². The second kappa shape index (κ2) is 6.00. The van der Waals surface area contributed by atoms with E-state index in [1.165, 1.54) is 0 Å². The number of carbonyl (C=O) groups excluding carboxylic acids is 1. The van der Waals surface area contributed by atoms with E-state index in [9.17, 15) is 4.79 Å². The Morgan fingerprint density at radius 1 is 1.50 bits per heavy atom. The Balaban J connectivity index is 3.74. The molecule has 1 unspecified atom stereocenters. The third-order valence-corrected chi connectivity index (χ3v) is 1.21. The summed E-state index contributed by atoms with van der Waals surface area (Å²) in [5.41, 5.74) is 0. The minimum atomic E-state index is -0.488. The van der Waals surface area contributed by atoms with Crippen LogP contribution in [0.3, 0.4) is 0 Å². The van der Waals surface area contributed by atoms with Crippen molar-refractivity contribution in [1.29, 1.82) is 0 Å². The molecule has 0 aromatic rings. The van der Waals surface area contributed by atoms with Crippen LogP contribution in [0.2, 0.25) is 0 Å². The first-order chi connectivity index (χ1) is 5.60. The van der Waals surface area contributed by atoms with Crippen molar-refractivity contribution in [3.05, 3.63) is 6.92 Å². The number of esters is 1. The van der Waals surface area contributed by atoms with Crippen molar-refractivity contribution in [3.63, 3.8) is 0 Å². The second-order valence-corrected chi connectivity index (χ2v) is 2.75. The molecule has 0 heterocycles. The lowest BCUT2D eigenvalue weighted by atomic mass is 10.4. The molecule has 0 saturated heterocycles. The maximum atomic E-state index is 10.8. The fourth-order valence-corrected chi connectivity index (χ4v) is 0.688. The quantitative estimate of drug-likeness (QED) is 0.470. The Labute approximate surface area is 74.0 Å². The van der Waals surface area contributed by atoms with Gasteiger partial charge in [-0.1, -0.05) is 6.92 Å². The molecule has 0 spiro atoms. The lowest BCUT2D eigenvalue weighted by Gasteiger charge is -2.18. The largest absolute Gasteiger partial charge is 0.436 e. The molecule has 0 amide bonds. The highest BCUT2D eigenvalue weighted by Gasteiger charge is 2.12. The van der Waals surface area contributed by atoms with Crippen LogP contribution in [-0.2, 0) is 14.3 Å². The summed E-state index contributed by atoms with van der Waals surface area (Å²) in [7, 11) is 0. The van der Waals surface area contributed by atoms with Crippen molar-refractivity contribution < 1.29 is 14.3 Å². The van der Waals surface area contributed by atoms with Crippen LogP contribution in [0.15, 0.2) is 0 Å². The van der Waals surface area contributed by atoms with Gasteiger partial charge in [-0.15, -0.1) is 0 Å². The molecule has 0 aromatic heterocycles. The summed E-state index contributed by atoms with van der Waals surface area (Å²) < 4.78 is 10.2. The van der Waals surface area contributed by atoms with Crippen LogP contribution in [0.25, 0.3) is 0 Å². The molecule has 0 rings (SSSR count). The number of ether oxygens (including phenoxy) is 2. The van der Waals surface area contributed by atoms with Gasteiger partial charge in [0.2, 0.25) is 6.29 Å². The van der Waals surface area contributed by atoms with Crippen LogP contribution in [0.1, 0.15) is 33.6 Å². The first kappa shape index (κ1) is 11.4. The lowest BCUT2D eigenvalue weighted by molar-refractivity contribution is -0.185. The van der Waals surface area contributed by atoms with Crippen molar-refractivity contribution in [3.8, 4) is 0 Å². The minimum absolute atomic E-state index is 0.0569. The average molecular weight is 173 g/mol. The van der Waals surface area contributed by atoms with Gasteiger partial charge < -0.3 is 9.47 Å². The predicted octanol–water partition coefficient (Wildman–Crippen LogP) is 1.91. The van der Waals surface area contributed by atoms with Crippen LogP contribution in [0.5, 0.6) is 0 Å². The molecule has 1 atom stereocenters. The molecule has 0 aliphatic heterocycles. The topological polar surface area (TPSA) is 35.5 Å². The SMILES string of the molecule is [CH2]CC(OC(=O)CC)OC(C)C. The van der Waals surface area contributed by atoms with Crippen molar-refractivity contribution in [2.45, 2.75) is 46.0 Å². The van der Waals surface area contributed by atoms with E-state index in [1.54, 1.807) is 6.92 Å². The zero-order valence-electron chi connectivity index (χ0n) is 8.00. The maximum Gasteiger partial charge on any atom is 0.307 e. The molecule has 3 heteroatoms. The Kier molecular flexibility index (Phi) is 5.72. The van der Waals surface area contributed by atoms with E-state index in [-0.39, 0.29) is 12.1 Å². The molecule has 0 N–H and O–H groups in total. The van der Waals surface area contributed by atoms with Gasteiger partial charge in [0.1, 0.15) is 0 Å². The Hall–Kier alpha value is -0.570. The Morgan fingerprint density at radius 2 is 2.08 bits per heavy atom. The first-order valence-electron chi connectivity index (χ1n) is 4.24. The molecule has 1 radical (unpaired) electrons. The van der Waals surface area contributed by atoms with Crippen LogP contribution in [0, 0.1) is 6.92 Å². The van der Waals surface area contributed by atoms with E-state index in [4.69, 9.17) is 9.47 Å². The third-order valence-electron chi connectivity index (χ3n) is 1.21. The van der Waals surface area contributed by atoms with E-state index in [0.717, 1.165) is 0 Å². The van der Waals surface area contributed by atoms with Crippen LogP contribution in [-0.4, -0.2) is 18.4 Å². The zero-order valence-corrected chi connectivity index (χ0v) is 8.00. The summed E-state index contributed by atoms with van der Waals surface area (Å²) in [5, 5.41) is 0. The fourth-order valence-electron chi connectivity index (χ4n) is 0.688. The molecule has 3 nitrogen and oxygen atoms in total. The van der Waals surface area contributed by atoms with Gasteiger partial charge in [0.05, 0.1) is 6.10 Å². The lowest BCUT2D eigenvalue weighted by Crippen LogP contribution is -2.23. The molecule has 0 saturated carbocycles. The van der Waals surface area contributed by atoms with Crippen LogP contribution < -0.4 is 0 Å². The van der Waals surface area contributed by atoms with E-state index >= 15 is 0 Å².